The van der Waals surface area contributed by atoms with E-state index in [2.05, 4.69) is 5.32 Å². The molecule has 2 fully saturated rings. The summed E-state index contributed by atoms with van der Waals surface area (Å²) < 4.78 is 13.4. The van der Waals surface area contributed by atoms with Crippen LogP contribution < -0.4 is 5.32 Å². The van der Waals surface area contributed by atoms with Gasteiger partial charge in [0.15, 0.2) is 0 Å². The van der Waals surface area contributed by atoms with E-state index in [1.165, 1.54) is 12.1 Å². The first-order valence-electron chi connectivity index (χ1n) is 8.14. The number of carbonyl (C=O) groups excluding carboxylic acids is 2. The summed E-state index contributed by atoms with van der Waals surface area (Å²) in [5.74, 6) is -0.354. The third kappa shape index (κ3) is 3.48. The molecular formula is C17H21ClFN3O2. The average molecular weight is 354 g/mol. The van der Waals surface area contributed by atoms with Gasteiger partial charge in [-0.25, -0.2) is 9.18 Å². The summed E-state index contributed by atoms with van der Waals surface area (Å²) in [4.78, 5) is 27.6. The number of likely N-dealkylation sites (tertiary alicyclic amines) is 2. The number of carbonyl (C=O) groups is 2. The number of hydrogen-bond donors (Lipinski definition) is 1. The van der Waals surface area contributed by atoms with E-state index in [1.54, 1.807) is 15.9 Å². The molecule has 1 spiro atoms. The van der Waals surface area contributed by atoms with Crippen LogP contribution in [0.5, 0.6) is 0 Å². The predicted molar refractivity (Wildman–Crippen MR) is 90.5 cm³/mol. The summed E-state index contributed by atoms with van der Waals surface area (Å²) in [7, 11) is 1.84. The lowest BCUT2D eigenvalue weighted by atomic mass is 9.72. The van der Waals surface area contributed by atoms with E-state index in [-0.39, 0.29) is 22.4 Å². The number of nitrogens with one attached hydrogen (secondary N) is 1. The molecule has 0 radical (unpaired) electrons. The third-order valence-corrected chi connectivity index (χ3v) is 5.46. The van der Waals surface area contributed by atoms with Gasteiger partial charge in [0, 0.05) is 38.8 Å². The zero-order valence-electron chi connectivity index (χ0n) is 13.6. The summed E-state index contributed by atoms with van der Waals surface area (Å²) in [6.07, 6.45) is 3.25. The first-order chi connectivity index (χ1) is 11.4. The van der Waals surface area contributed by atoms with E-state index in [4.69, 9.17) is 11.6 Å². The number of anilines is 1. The van der Waals surface area contributed by atoms with Gasteiger partial charge in [-0.1, -0.05) is 11.6 Å². The van der Waals surface area contributed by atoms with E-state index in [9.17, 15) is 14.0 Å². The maximum atomic E-state index is 13.4. The highest BCUT2D eigenvalue weighted by atomic mass is 35.5. The lowest BCUT2D eigenvalue weighted by Crippen LogP contribution is -2.51. The van der Waals surface area contributed by atoms with Gasteiger partial charge in [-0.2, -0.15) is 0 Å². The van der Waals surface area contributed by atoms with Crippen molar-refractivity contribution in [2.24, 2.45) is 5.41 Å². The number of urea groups is 1. The fourth-order valence-corrected chi connectivity index (χ4v) is 3.72. The summed E-state index contributed by atoms with van der Waals surface area (Å²) in [5, 5.41) is 2.74. The number of hydrogen-bond acceptors (Lipinski definition) is 2. The second-order valence-electron chi connectivity index (χ2n) is 6.80. The van der Waals surface area contributed by atoms with Gasteiger partial charge in [0.2, 0.25) is 5.91 Å². The van der Waals surface area contributed by atoms with Crippen LogP contribution in [0.2, 0.25) is 5.02 Å². The van der Waals surface area contributed by atoms with Crippen LogP contribution in [-0.4, -0.2) is 48.4 Å². The van der Waals surface area contributed by atoms with Crippen LogP contribution in [0.1, 0.15) is 25.7 Å². The molecule has 2 heterocycles. The highest BCUT2D eigenvalue weighted by molar-refractivity contribution is 6.30. The number of nitrogens with zero attached hydrogens (tertiary/aromatic N) is 2. The summed E-state index contributed by atoms with van der Waals surface area (Å²) in [6.45, 7) is 2.05. The summed E-state index contributed by atoms with van der Waals surface area (Å²) >= 11 is 5.64. The number of amides is 3. The maximum Gasteiger partial charge on any atom is 0.321 e. The minimum Gasteiger partial charge on any atom is -0.345 e. The highest BCUT2D eigenvalue weighted by Crippen LogP contribution is 2.39. The van der Waals surface area contributed by atoms with Crippen LogP contribution in [0.15, 0.2) is 18.2 Å². The van der Waals surface area contributed by atoms with Gasteiger partial charge in [0.05, 0.1) is 5.02 Å². The van der Waals surface area contributed by atoms with E-state index in [0.29, 0.717) is 25.2 Å². The largest absolute Gasteiger partial charge is 0.345 e. The topological polar surface area (TPSA) is 52.7 Å². The lowest BCUT2D eigenvalue weighted by Gasteiger charge is -2.46. The molecule has 7 heteroatoms. The van der Waals surface area contributed by atoms with Crippen LogP contribution in [0.4, 0.5) is 14.9 Å². The van der Waals surface area contributed by atoms with Gasteiger partial charge in [0.1, 0.15) is 5.82 Å². The first kappa shape index (κ1) is 17.0. The van der Waals surface area contributed by atoms with E-state index < -0.39 is 5.82 Å². The molecule has 0 saturated carbocycles. The Labute approximate surface area is 145 Å². The van der Waals surface area contributed by atoms with Crippen molar-refractivity contribution in [1.29, 1.82) is 0 Å². The summed E-state index contributed by atoms with van der Waals surface area (Å²) in [5.41, 5.74) is 0.524. The standard InChI is InChI=1S/C17H21ClFN3O2/c1-21-11-17(5-4-15(21)23)6-8-22(9-7-17)16(24)20-12-2-3-13(18)14(19)10-12/h2-3,10H,4-9,11H2,1H3,(H,20,24). The minimum absolute atomic E-state index is 0.0314. The van der Waals surface area contributed by atoms with Crippen LogP contribution >= 0.6 is 11.6 Å². The third-order valence-electron chi connectivity index (χ3n) is 5.15. The molecule has 0 bridgehead atoms. The molecule has 1 aromatic rings. The number of rotatable bonds is 1. The van der Waals surface area contributed by atoms with Gasteiger partial charge in [-0.05, 0) is 42.9 Å². The van der Waals surface area contributed by atoms with Crippen LogP contribution in [0.3, 0.4) is 0 Å². The molecule has 0 unspecified atom stereocenters. The molecule has 2 saturated heterocycles. The van der Waals surface area contributed by atoms with Gasteiger partial charge in [-0.3, -0.25) is 4.79 Å². The Hall–Kier alpha value is -1.82. The molecule has 5 nitrogen and oxygen atoms in total. The second-order valence-corrected chi connectivity index (χ2v) is 7.20. The fourth-order valence-electron chi connectivity index (χ4n) is 3.60. The fraction of sp³-hybridized carbons (Fsp3) is 0.529. The normalized spacial score (nSPS) is 20.4. The van der Waals surface area contributed by atoms with Gasteiger partial charge in [-0.15, -0.1) is 0 Å². The van der Waals surface area contributed by atoms with Crippen molar-refractivity contribution in [1.82, 2.24) is 9.80 Å². The predicted octanol–water partition coefficient (Wildman–Crippen LogP) is 3.35. The monoisotopic (exact) mass is 353 g/mol. The molecular weight excluding hydrogens is 333 g/mol. The number of benzene rings is 1. The molecule has 1 N–H and O–H groups in total. The quantitative estimate of drug-likeness (QED) is 0.841. The Balaban J connectivity index is 1.57. The Kier molecular flexibility index (Phi) is 4.67. The van der Waals surface area contributed by atoms with E-state index >= 15 is 0 Å². The molecule has 2 aliphatic heterocycles. The lowest BCUT2D eigenvalue weighted by molar-refractivity contribution is -0.137. The second kappa shape index (κ2) is 6.59. The van der Waals surface area contributed by atoms with Crippen molar-refractivity contribution in [2.45, 2.75) is 25.7 Å². The Bertz CT molecular complexity index is 659. The van der Waals surface area contributed by atoms with Crippen molar-refractivity contribution in [3.63, 3.8) is 0 Å². The van der Waals surface area contributed by atoms with Crippen LogP contribution in [0, 0.1) is 11.2 Å². The van der Waals surface area contributed by atoms with Crippen molar-refractivity contribution in [2.75, 3.05) is 32.0 Å². The number of halogens is 2. The highest BCUT2D eigenvalue weighted by Gasteiger charge is 2.40. The summed E-state index contributed by atoms with van der Waals surface area (Å²) in [6, 6.07) is 3.99. The SMILES string of the molecule is CN1CC2(CCC1=O)CCN(C(=O)Nc1ccc(Cl)c(F)c1)CC2. The van der Waals surface area contributed by atoms with Crippen molar-refractivity contribution in [3.05, 3.63) is 29.0 Å². The smallest absolute Gasteiger partial charge is 0.321 e. The van der Waals surface area contributed by atoms with Gasteiger partial charge < -0.3 is 15.1 Å². The Morgan fingerprint density at radius 3 is 2.62 bits per heavy atom. The molecule has 3 rings (SSSR count). The molecule has 0 aromatic heterocycles. The molecule has 130 valence electrons. The maximum absolute atomic E-state index is 13.4. The van der Waals surface area contributed by atoms with Crippen LogP contribution in [0.25, 0.3) is 0 Å². The van der Waals surface area contributed by atoms with Gasteiger partial charge in [0.25, 0.3) is 0 Å². The molecule has 3 amide bonds. The number of piperidine rings is 2. The zero-order chi connectivity index (χ0) is 17.3. The molecule has 2 aliphatic rings. The van der Waals surface area contributed by atoms with Crippen molar-refractivity contribution < 1.29 is 14.0 Å². The minimum atomic E-state index is -0.554. The van der Waals surface area contributed by atoms with Crippen molar-refractivity contribution in [3.8, 4) is 0 Å². The van der Waals surface area contributed by atoms with E-state index in [0.717, 1.165) is 25.8 Å². The molecule has 1 aromatic carbocycles. The Morgan fingerprint density at radius 1 is 1.29 bits per heavy atom. The first-order valence-corrected chi connectivity index (χ1v) is 8.51. The average Bonchev–Trinajstić information content (AvgIpc) is 2.55. The molecule has 24 heavy (non-hydrogen) atoms. The Morgan fingerprint density at radius 2 is 2.00 bits per heavy atom. The van der Waals surface area contributed by atoms with Crippen LogP contribution in [-0.2, 0) is 4.79 Å². The van der Waals surface area contributed by atoms with E-state index in [1.807, 2.05) is 7.05 Å². The van der Waals surface area contributed by atoms with Gasteiger partial charge >= 0.3 is 6.03 Å². The van der Waals surface area contributed by atoms with Crippen molar-refractivity contribution >= 4 is 29.2 Å². The molecule has 0 aliphatic carbocycles. The zero-order valence-corrected chi connectivity index (χ0v) is 14.4. The molecule has 0 atom stereocenters.